The number of fused-ring (bicyclic) bond motifs is 2. The summed E-state index contributed by atoms with van der Waals surface area (Å²) < 4.78 is 39.5. The lowest BCUT2D eigenvalue weighted by Crippen LogP contribution is -2.48. The SMILES string of the molecule is O=C(NO)[C@H](COCc1ccccc1)NS(=O)(=O)c1ccc2c(c1)Sc1ccccc1O2. The van der Waals surface area contributed by atoms with Gasteiger partial charge < -0.3 is 9.47 Å². The highest BCUT2D eigenvalue weighted by atomic mass is 32.2. The van der Waals surface area contributed by atoms with Crippen molar-refractivity contribution in [2.75, 3.05) is 6.61 Å². The summed E-state index contributed by atoms with van der Waals surface area (Å²) in [7, 11) is -4.09. The smallest absolute Gasteiger partial charge is 0.263 e. The van der Waals surface area contributed by atoms with Crippen LogP contribution in [0.3, 0.4) is 0 Å². The molecule has 10 heteroatoms. The lowest BCUT2D eigenvalue weighted by Gasteiger charge is -2.21. The van der Waals surface area contributed by atoms with Gasteiger partial charge in [0.15, 0.2) is 0 Å². The van der Waals surface area contributed by atoms with Crippen molar-refractivity contribution in [1.29, 1.82) is 0 Å². The summed E-state index contributed by atoms with van der Waals surface area (Å²) in [6.07, 6.45) is 0. The van der Waals surface area contributed by atoms with Crippen molar-refractivity contribution >= 4 is 27.7 Å². The van der Waals surface area contributed by atoms with E-state index in [2.05, 4.69) is 4.72 Å². The Labute approximate surface area is 189 Å². The Morgan fingerprint density at radius 3 is 2.50 bits per heavy atom. The van der Waals surface area contributed by atoms with Gasteiger partial charge in [0.05, 0.1) is 27.9 Å². The first-order valence-electron chi connectivity index (χ1n) is 9.63. The van der Waals surface area contributed by atoms with Crippen LogP contribution in [0.25, 0.3) is 0 Å². The first kappa shape index (κ1) is 22.3. The minimum atomic E-state index is -4.09. The zero-order valence-corrected chi connectivity index (χ0v) is 18.4. The number of carbonyl (C=O) groups is 1. The number of rotatable bonds is 8. The van der Waals surface area contributed by atoms with Crippen LogP contribution in [0.5, 0.6) is 11.5 Å². The van der Waals surface area contributed by atoms with Crippen molar-refractivity contribution in [2.45, 2.75) is 27.3 Å². The molecule has 1 heterocycles. The fourth-order valence-electron chi connectivity index (χ4n) is 3.04. The van der Waals surface area contributed by atoms with Crippen molar-refractivity contribution in [3.05, 3.63) is 78.4 Å². The predicted molar refractivity (Wildman–Crippen MR) is 117 cm³/mol. The maximum atomic E-state index is 12.9. The summed E-state index contributed by atoms with van der Waals surface area (Å²) in [5.74, 6) is 0.323. The Balaban J connectivity index is 1.48. The predicted octanol–water partition coefficient (Wildman–Crippen LogP) is 3.31. The zero-order chi connectivity index (χ0) is 22.6. The first-order chi connectivity index (χ1) is 15.5. The van der Waals surface area contributed by atoms with Crippen molar-refractivity contribution in [2.24, 2.45) is 0 Å². The van der Waals surface area contributed by atoms with Gasteiger partial charge in [-0.05, 0) is 35.9 Å². The summed E-state index contributed by atoms with van der Waals surface area (Å²) in [6.45, 7) is -0.0826. The van der Waals surface area contributed by atoms with Gasteiger partial charge in [-0.15, -0.1) is 0 Å². The third-order valence-electron chi connectivity index (χ3n) is 4.63. The molecule has 1 atom stereocenters. The van der Waals surface area contributed by atoms with E-state index in [1.807, 2.05) is 54.6 Å². The highest BCUT2D eigenvalue weighted by Crippen LogP contribution is 2.47. The summed E-state index contributed by atoms with van der Waals surface area (Å²) >= 11 is 1.39. The number of benzene rings is 3. The van der Waals surface area contributed by atoms with Gasteiger partial charge in [0.1, 0.15) is 17.5 Å². The van der Waals surface area contributed by atoms with Crippen LogP contribution in [0, 0.1) is 0 Å². The standard InChI is InChI=1S/C22H20N2O6S2/c25-22(23-26)17(14-29-13-15-6-2-1-3-7-15)24-32(27,28)16-10-11-19-21(12-16)31-20-9-5-4-8-18(20)30-19/h1-12,17,24,26H,13-14H2,(H,23,25)/t17-/m0/s1. The van der Waals surface area contributed by atoms with Gasteiger partial charge >= 0.3 is 0 Å². The van der Waals surface area contributed by atoms with Crippen LogP contribution in [0.2, 0.25) is 0 Å². The van der Waals surface area contributed by atoms with E-state index in [1.165, 1.54) is 29.4 Å². The molecule has 0 aliphatic carbocycles. The van der Waals surface area contributed by atoms with Gasteiger partial charge in [0.2, 0.25) is 10.0 Å². The zero-order valence-electron chi connectivity index (χ0n) is 16.7. The fraction of sp³-hybridized carbons (Fsp3) is 0.136. The summed E-state index contributed by atoms with van der Waals surface area (Å²) in [5, 5.41) is 9.03. The molecule has 8 nitrogen and oxygen atoms in total. The summed E-state index contributed by atoms with van der Waals surface area (Å²) in [6, 6.07) is 19.8. The van der Waals surface area contributed by atoms with E-state index in [4.69, 9.17) is 14.7 Å². The molecular weight excluding hydrogens is 452 g/mol. The van der Waals surface area contributed by atoms with E-state index < -0.39 is 22.0 Å². The molecule has 0 aromatic heterocycles. The number of hydrogen-bond donors (Lipinski definition) is 3. The average molecular weight is 473 g/mol. The number of hydroxylamine groups is 1. The molecule has 0 saturated heterocycles. The highest BCUT2D eigenvalue weighted by molar-refractivity contribution is 7.99. The number of amides is 1. The Morgan fingerprint density at radius 1 is 1.00 bits per heavy atom. The maximum Gasteiger partial charge on any atom is 0.263 e. The molecule has 4 rings (SSSR count). The largest absolute Gasteiger partial charge is 0.455 e. The second-order valence-electron chi connectivity index (χ2n) is 6.91. The molecule has 3 aromatic carbocycles. The molecule has 0 spiro atoms. The lowest BCUT2D eigenvalue weighted by molar-refractivity contribution is -0.132. The van der Waals surface area contributed by atoms with Gasteiger partial charge in [0, 0.05) is 0 Å². The van der Waals surface area contributed by atoms with Gasteiger partial charge in [-0.1, -0.05) is 54.2 Å². The van der Waals surface area contributed by atoms with E-state index in [0.29, 0.717) is 16.4 Å². The van der Waals surface area contributed by atoms with Crippen molar-refractivity contribution in [3.8, 4) is 11.5 Å². The number of nitrogens with one attached hydrogen (secondary N) is 2. The average Bonchev–Trinajstić information content (AvgIpc) is 2.81. The number of sulfonamides is 1. The molecule has 32 heavy (non-hydrogen) atoms. The molecule has 3 N–H and O–H groups in total. The molecule has 1 aliphatic rings. The molecule has 3 aromatic rings. The first-order valence-corrected chi connectivity index (χ1v) is 11.9. The van der Waals surface area contributed by atoms with Crippen molar-refractivity contribution in [3.63, 3.8) is 0 Å². The Hall–Kier alpha value is -2.89. The Bertz CT molecular complexity index is 1220. The molecular formula is C22H20N2O6S2. The van der Waals surface area contributed by atoms with Gasteiger partial charge in [-0.25, -0.2) is 13.9 Å². The van der Waals surface area contributed by atoms with Gasteiger partial charge in [-0.3, -0.25) is 10.0 Å². The Morgan fingerprint density at radius 2 is 1.72 bits per heavy atom. The quantitative estimate of drug-likeness (QED) is 0.266. The normalized spacial score (nSPS) is 13.4. The number of carbonyl (C=O) groups excluding carboxylic acids is 1. The van der Waals surface area contributed by atoms with Crippen LogP contribution < -0.4 is 14.9 Å². The topological polar surface area (TPSA) is 114 Å². The molecule has 166 valence electrons. The minimum Gasteiger partial charge on any atom is -0.455 e. The minimum absolute atomic E-state index is 0.0365. The van der Waals surface area contributed by atoms with Crippen LogP contribution in [0.15, 0.2) is 87.5 Å². The van der Waals surface area contributed by atoms with Gasteiger partial charge in [-0.2, -0.15) is 4.72 Å². The molecule has 1 amide bonds. The van der Waals surface area contributed by atoms with Crippen LogP contribution in [0.4, 0.5) is 0 Å². The van der Waals surface area contributed by atoms with Gasteiger partial charge in [0.25, 0.3) is 5.91 Å². The summed E-state index contributed by atoms with van der Waals surface area (Å²) in [4.78, 5) is 13.5. The Kier molecular flexibility index (Phi) is 6.77. The summed E-state index contributed by atoms with van der Waals surface area (Å²) in [5.41, 5.74) is 2.34. The molecule has 0 radical (unpaired) electrons. The van der Waals surface area contributed by atoms with E-state index in [0.717, 1.165) is 10.5 Å². The van der Waals surface area contributed by atoms with E-state index in [1.54, 1.807) is 6.07 Å². The van der Waals surface area contributed by atoms with E-state index in [9.17, 15) is 13.2 Å². The van der Waals surface area contributed by atoms with Crippen molar-refractivity contribution in [1.82, 2.24) is 10.2 Å². The lowest BCUT2D eigenvalue weighted by atomic mass is 10.2. The number of hydrogen-bond acceptors (Lipinski definition) is 7. The van der Waals surface area contributed by atoms with E-state index in [-0.39, 0.29) is 18.1 Å². The number of para-hydroxylation sites is 1. The monoisotopic (exact) mass is 472 g/mol. The van der Waals surface area contributed by atoms with Crippen LogP contribution in [0.1, 0.15) is 5.56 Å². The van der Waals surface area contributed by atoms with Crippen LogP contribution >= 0.6 is 11.8 Å². The second-order valence-corrected chi connectivity index (χ2v) is 9.71. The number of ether oxygens (including phenoxy) is 2. The third kappa shape index (κ3) is 5.12. The maximum absolute atomic E-state index is 12.9. The molecule has 0 unspecified atom stereocenters. The van der Waals surface area contributed by atoms with E-state index >= 15 is 0 Å². The molecule has 0 bridgehead atoms. The highest BCUT2D eigenvalue weighted by Gasteiger charge is 2.27. The van der Waals surface area contributed by atoms with Crippen LogP contribution in [-0.4, -0.2) is 32.2 Å². The molecule has 0 fully saturated rings. The molecule has 1 aliphatic heterocycles. The molecule has 0 saturated carbocycles. The van der Waals surface area contributed by atoms with Crippen LogP contribution in [-0.2, 0) is 26.2 Å². The fourth-order valence-corrected chi connectivity index (χ4v) is 5.31. The van der Waals surface area contributed by atoms with Crippen molar-refractivity contribution < 1.29 is 27.9 Å². The second kappa shape index (κ2) is 9.72. The third-order valence-corrected chi connectivity index (χ3v) is 7.20.